The number of methoxy groups -OCH3 is 1. The Kier molecular flexibility index (Phi) is 20.5. The number of carbonyl (C=O) groups excluding carboxylic acids is 8. The molecule has 0 aliphatic carbocycles. The number of hydrogen-bond donors (Lipinski definition) is 5. The van der Waals surface area contributed by atoms with Crippen LogP contribution in [0.4, 0.5) is 0 Å². The van der Waals surface area contributed by atoms with Gasteiger partial charge >= 0.3 is 5.97 Å². The van der Waals surface area contributed by atoms with E-state index in [0.29, 0.717) is 32.2 Å². The van der Waals surface area contributed by atoms with Crippen molar-refractivity contribution in [1.82, 2.24) is 30.7 Å². The number of ether oxygens (including phenoxy) is 1. The number of hydrogen-bond acceptors (Lipinski definition) is 10. The molecule has 8 atom stereocenters. The molecule has 1 fully saturated rings. The van der Waals surface area contributed by atoms with Crippen molar-refractivity contribution < 1.29 is 48.2 Å². The van der Waals surface area contributed by atoms with E-state index in [9.17, 15) is 43.5 Å². The minimum absolute atomic E-state index is 0.0692. The maximum atomic E-state index is 14.0. The Balaban J connectivity index is 2.32. The van der Waals surface area contributed by atoms with E-state index in [2.05, 4.69) is 16.0 Å². The second-order valence-electron chi connectivity index (χ2n) is 16.0. The van der Waals surface area contributed by atoms with E-state index in [4.69, 9.17) is 10.5 Å². The number of primary amides is 1. The fourth-order valence-electron chi connectivity index (χ4n) is 6.96. The number of esters is 1. The van der Waals surface area contributed by atoms with Crippen LogP contribution < -0.4 is 21.7 Å². The first-order valence-corrected chi connectivity index (χ1v) is 20.6. The summed E-state index contributed by atoms with van der Waals surface area (Å²) >= 11 is 0. The summed E-state index contributed by atoms with van der Waals surface area (Å²) < 4.78 is 4.93. The van der Waals surface area contributed by atoms with Crippen LogP contribution in [0.15, 0.2) is 30.3 Å². The van der Waals surface area contributed by atoms with E-state index < -0.39 is 96.1 Å². The average molecular weight is 830 g/mol. The summed E-state index contributed by atoms with van der Waals surface area (Å²) in [4.78, 5) is 111. The Morgan fingerprint density at radius 1 is 0.881 bits per heavy atom. The normalized spacial score (nSPS) is 17.3. The van der Waals surface area contributed by atoms with Crippen molar-refractivity contribution in [1.29, 1.82) is 0 Å². The zero-order valence-corrected chi connectivity index (χ0v) is 36.2. The minimum Gasteiger partial charge on any atom is -0.467 e. The van der Waals surface area contributed by atoms with Gasteiger partial charge in [0.15, 0.2) is 0 Å². The van der Waals surface area contributed by atoms with Crippen LogP contribution in [-0.4, -0.2) is 138 Å². The van der Waals surface area contributed by atoms with E-state index in [1.54, 1.807) is 13.8 Å². The molecule has 0 aromatic heterocycles. The molecule has 0 bridgehead atoms. The lowest BCUT2D eigenvalue weighted by molar-refractivity contribution is -0.154. The molecule has 17 nitrogen and oxygen atoms in total. The second kappa shape index (κ2) is 24.1. The molecule has 1 aliphatic heterocycles. The number of likely N-dealkylation sites (N-methyl/N-ethyl adjacent to an activating group) is 2. The number of nitrogens with zero attached hydrogens (tertiary/aromatic N) is 3. The van der Waals surface area contributed by atoms with Crippen molar-refractivity contribution in [2.75, 3.05) is 34.3 Å². The monoisotopic (exact) mass is 829 g/mol. The summed E-state index contributed by atoms with van der Waals surface area (Å²) in [6.07, 6.45) is 0.479. The largest absolute Gasteiger partial charge is 0.467 e. The molecular weight excluding hydrogens is 763 g/mol. The molecule has 0 saturated carbocycles. The van der Waals surface area contributed by atoms with E-state index in [-0.39, 0.29) is 37.5 Å². The van der Waals surface area contributed by atoms with Crippen LogP contribution in [0.3, 0.4) is 0 Å². The Hall–Kier alpha value is -5.06. The van der Waals surface area contributed by atoms with Crippen molar-refractivity contribution in [2.45, 2.75) is 129 Å². The number of nitrogens with two attached hydrogens (primary N) is 1. The number of likely N-dealkylation sites (tertiary alicyclic amines) is 1. The van der Waals surface area contributed by atoms with Crippen molar-refractivity contribution in [3.8, 4) is 0 Å². The van der Waals surface area contributed by atoms with Crippen molar-refractivity contribution in [3.63, 3.8) is 0 Å². The van der Waals surface area contributed by atoms with Gasteiger partial charge in [0.25, 0.3) is 0 Å². The van der Waals surface area contributed by atoms with Crippen LogP contribution in [0.1, 0.15) is 92.1 Å². The molecule has 17 heteroatoms. The third kappa shape index (κ3) is 14.6. The fraction of sp³-hybridized carbons (Fsp3) is 0.667. The maximum Gasteiger partial charge on any atom is 0.328 e. The first kappa shape index (κ1) is 50.1. The summed E-state index contributed by atoms with van der Waals surface area (Å²) in [5, 5.41) is 18.5. The fourth-order valence-corrected chi connectivity index (χ4v) is 6.96. The van der Waals surface area contributed by atoms with Gasteiger partial charge in [0.2, 0.25) is 41.4 Å². The summed E-state index contributed by atoms with van der Waals surface area (Å²) in [5.74, 6) is -6.03. The maximum absolute atomic E-state index is 14.0. The zero-order chi connectivity index (χ0) is 44.6. The summed E-state index contributed by atoms with van der Waals surface area (Å²) in [5.41, 5.74) is 6.21. The highest BCUT2D eigenvalue weighted by Crippen LogP contribution is 2.23. The highest BCUT2D eigenvalue weighted by Gasteiger charge is 2.41. The third-order valence-electron chi connectivity index (χ3n) is 11.2. The highest BCUT2D eigenvalue weighted by atomic mass is 16.5. The molecule has 2 unspecified atom stereocenters. The third-order valence-corrected chi connectivity index (χ3v) is 11.2. The van der Waals surface area contributed by atoms with Crippen molar-refractivity contribution >= 4 is 47.3 Å². The van der Waals surface area contributed by atoms with Crippen LogP contribution in [0.5, 0.6) is 0 Å². The van der Waals surface area contributed by atoms with Gasteiger partial charge in [0.05, 0.1) is 13.7 Å². The van der Waals surface area contributed by atoms with Gasteiger partial charge in [0.1, 0.15) is 36.3 Å². The van der Waals surface area contributed by atoms with E-state index in [1.807, 2.05) is 58.0 Å². The molecule has 330 valence electrons. The van der Waals surface area contributed by atoms with Crippen LogP contribution in [0.25, 0.3) is 0 Å². The summed E-state index contributed by atoms with van der Waals surface area (Å²) in [6, 6.07) is 3.70. The zero-order valence-electron chi connectivity index (χ0n) is 36.2. The van der Waals surface area contributed by atoms with Gasteiger partial charge in [-0.3, -0.25) is 33.6 Å². The second-order valence-corrected chi connectivity index (χ2v) is 16.0. The van der Waals surface area contributed by atoms with Crippen molar-refractivity contribution in [3.05, 3.63) is 35.9 Å². The van der Waals surface area contributed by atoms with Gasteiger partial charge in [-0.25, -0.2) is 4.79 Å². The molecular formula is C42H67N7O10. The lowest BCUT2D eigenvalue weighted by Crippen LogP contribution is -2.59. The van der Waals surface area contributed by atoms with Crippen molar-refractivity contribution in [2.24, 2.45) is 23.5 Å². The van der Waals surface area contributed by atoms with Gasteiger partial charge in [-0.15, -0.1) is 0 Å². The SMILES string of the molecule is CCC(C)[C@H](O)C(=O)N[C@@H](CC(C)C)C(=O)N(C)[C@@H](CCC(N)=O)C(=O)N[C@H](C(=O)NCC(=O)N(C)[C@H](Cc1ccccc1)C(=O)N1CCC[C@H]1C(=O)OC)C(C)CC. The highest BCUT2D eigenvalue weighted by molar-refractivity contribution is 5.96. The lowest BCUT2D eigenvalue weighted by atomic mass is 9.96. The van der Waals surface area contributed by atoms with Crippen LogP contribution in [-0.2, 0) is 49.5 Å². The molecule has 0 spiro atoms. The minimum atomic E-state index is -1.36. The molecule has 0 radical (unpaired) electrons. The van der Waals surface area contributed by atoms with E-state index in [0.717, 1.165) is 10.5 Å². The van der Waals surface area contributed by atoms with Gasteiger partial charge < -0.3 is 46.2 Å². The lowest BCUT2D eigenvalue weighted by Gasteiger charge is -2.34. The first-order valence-electron chi connectivity index (χ1n) is 20.6. The van der Waals surface area contributed by atoms with Gasteiger partial charge in [-0.2, -0.15) is 0 Å². The van der Waals surface area contributed by atoms with Gasteiger partial charge in [-0.1, -0.05) is 84.7 Å². The van der Waals surface area contributed by atoms with E-state index in [1.165, 1.54) is 31.0 Å². The number of amides is 7. The topological polar surface area (TPSA) is 238 Å². The Morgan fingerprint density at radius 2 is 1.51 bits per heavy atom. The number of benzene rings is 1. The number of aliphatic hydroxyl groups is 1. The van der Waals surface area contributed by atoms with Crippen LogP contribution in [0.2, 0.25) is 0 Å². The standard InChI is InChI=1S/C42H67N7O10/c1-10-26(5)35(46-37(53)30(19-20-33(43)50)48(8)40(56)29(22-25(3)4)45-39(55)36(52)27(6)11-2)38(54)44-24-34(51)47(7)32(23-28-16-13-12-14-17-28)41(57)49-21-15-18-31(49)42(58)59-9/h12-14,16-17,25-27,29-32,35-36,52H,10-11,15,18-24H2,1-9H3,(H2,43,50)(H,44,54)(H,45,55)(H,46,53)/t26?,27?,29-,30-,31-,32+,35-,36-/m0/s1. The molecule has 7 amide bonds. The smallest absolute Gasteiger partial charge is 0.328 e. The number of nitrogens with one attached hydrogen (secondary N) is 3. The average Bonchev–Trinajstić information content (AvgIpc) is 3.71. The van der Waals surface area contributed by atoms with Crippen LogP contribution in [0, 0.1) is 17.8 Å². The summed E-state index contributed by atoms with van der Waals surface area (Å²) in [7, 11) is 4.06. The predicted molar refractivity (Wildman–Crippen MR) is 220 cm³/mol. The van der Waals surface area contributed by atoms with E-state index >= 15 is 0 Å². The first-order chi connectivity index (χ1) is 27.8. The summed E-state index contributed by atoms with van der Waals surface area (Å²) in [6.45, 7) is 10.5. The van der Waals surface area contributed by atoms with Crippen LogP contribution >= 0.6 is 0 Å². The molecule has 59 heavy (non-hydrogen) atoms. The van der Waals surface area contributed by atoms with Gasteiger partial charge in [-0.05, 0) is 49.0 Å². The van der Waals surface area contributed by atoms with Gasteiger partial charge in [0, 0.05) is 33.5 Å². The number of rotatable bonds is 23. The molecule has 1 saturated heterocycles. The molecule has 1 aromatic rings. The molecule has 2 rings (SSSR count). The molecule has 1 aromatic carbocycles. The Bertz CT molecular complexity index is 1610. The molecule has 1 aliphatic rings. The predicted octanol–water partition coefficient (Wildman–Crippen LogP) is 0.898. The molecule has 1 heterocycles. The number of aliphatic hydroxyl groups excluding tert-OH is 1. The molecule has 6 N–H and O–H groups in total. The quantitative estimate of drug-likeness (QED) is 0.0978. The Morgan fingerprint density at radius 3 is 2.07 bits per heavy atom. The Labute approximate surface area is 348 Å². The number of carbonyl (C=O) groups is 8.